The van der Waals surface area contributed by atoms with Crippen molar-refractivity contribution in [2.45, 2.75) is 90.5 Å². The second kappa shape index (κ2) is 8.55. The van der Waals surface area contributed by atoms with Crippen molar-refractivity contribution < 1.29 is 0 Å². The fourth-order valence-corrected chi connectivity index (χ4v) is 2.51. The van der Waals surface area contributed by atoms with Gasteiger partial charge in [0, 0.05) is 13.0 Å². The van der Waals surface area contributed by atoms with Crippen molar-refractivity contribution in [3.05, 3.63) is 0 Å². The Labute approximate surface area is 114 Å². The molecule has 1 aliphatic rings. The van der Waals surface area contributed by atoms with Crippen molar-refractivity contribution >= 4 is 5.84 Å². The van der Waals surface area contributed by atoms with E-state index >= 15 is 0 Å². The Bertz CT molecular complexity index is 243. The van der Waals surface area contributed by atoms with Gasteiger partial charge in [-0.25, -0.2) is 0 Å². The van der Waals surface area contributed by atoms with Crippen LogP contribution < -0.4 is 5.32 Å². The first kappa shape index (κ1) is 15.5. The molecule has 0 bridgehead atoms. The van der Waals surface area contributed by atoms with E-state index in [1.165, 1.54) is 63.6 Å². The molecule has 18 heavy (non-hydrogen) atoms. The molecule has 2 nitrogen and oxygen atoms in total. The Morgan fingerprint density at radius 3 is 2.00 bits per heavy atom. The van der Waals surface area contributed by atoms with Crippen molar-refractivity contribution in [2.24, 2.45) is 4.99 Å². The lowest BCUT2D eigenvalue weighted by atomic mass is 10.1. The number of nitrogens with one attached hydrogen (secondary N) is 1. The van der Waals surface area contributed by atoms with E-state index in [0.717, 1.165) is 13.0 Å². The monoisotopic (exact) mass is 252 g/mol. The summed E-state index contributed by atoms with van der Waals surface area (Å²) in [5.41, 5.74) is 0.134. The van der Waals surface area contributed by atoms with Crippen molar-refractivity contribution in [2.75, 3.05) is 6.54 Å². The Balaban J connectivity index is 1.87. The van der Waals surface area contributed by atoms with Crippen molar-refractivity contribution in [3.63, 3.8) is 0 Å². The van der Waals surface area contributed by atoms with E-state index in [2.05, 4.69) is 26.1 Å². The van der Waals surface area contributed by atoms with E-state index in [0.29, 0.717) is 0 Å². The molecule has 0 aromatic heterocycles. The van der Waals surface area contributed by atoms with E-state index in [4.69, 9.17) is 4.99 Å². The lowest BCUT2D eigenvalue weighted by molar-refractivity contribution is 0.549. The van der Waals surface area contributed by atoms with Crippen LogP contribution in [-0.4, -0.2) is 17.9 Å². The van der Waals surface area contributed by atoms with E-state index in [-0.39, 0.29) is 5.54 Å². The van der Waals surface area contributed by atoms with Crippen LogP contribution in [0.15, 0.2) is 4.99 Å². The zero-order chi connectivity index (χ0) is 13.3. The maximum Gasteiger partial charge on any atom is 0.0971 e. The van der Waals surface area contributed by atoms with Gasteiger partial charge in [-0.05, 0) is 20.3 Å². The Morgan fingerprint density at radius 2 is 1.50 bits per heavy atom. The first-order valence-electron chi connectivity index (χ1n) is 7.96. The molecule has 0 aliphatic carbocycles. The summed E-state index contributed by atoms with van der Waals surface area (Å²) in [6, 6.07) is 0. The summed E-state index contributed by atoms with van der Waals surface area (Å²) >= 11 is 0. The number of unbranched alkanes of at least 4 members (excludes halogenated alkanes) is 8. The van der Waals surface area contributed by atoms with Gasteiger partial charge in [-0.15, -0.1) is 0 Å². The number of rotatable bonds is 10. The maximum atomic E-state index is 4.69. The smallest absolute Gasteiger partial charge is 0.0971 e. The van der Waals surface area contributed by atoms with Crippen molar-refractivity contribution in [1.29, 1.82) is 0 Å². The predicted octanol–water partition coefficient (Wildman–Crippen LogP) is 4.69. The molecule has 0 amide bonds. The fourth-order valence-electron chi connectivity index (χ4n) is 2.51. The molecule has 106 valence electrons. The third kappa shape index (κ3) is 7.03. The molecule has 1 N–H and O–H groups in total. The van der Waals surface area contributed by atoms with Gasteiger partial charge in [-0.3, -0.25) is 4.99 Å². The molecular formula is C16H32N2. The molecule has 0 aromatic carbocycles. The highest BCUT2D eigenvalue weighted by Crippen LogP contribution is 2.16. The minimum Gasteiger partial charge on any atom is -0.371 e. The van der Waals surface area contributed by atoms with Crippen LogP contribution in [0, 0.1) is 0 Å². The van der Waals surface area contributed by atoms with Crippen LogP contribution in [0.5, 0.6) is 0 Å². The summed E-state index contributed by atoms with van der Waals surface area (Å²) in [5, 5.41) is 3.42. The quantitative estimate of drug-likeness (QED) is 0.561. The molecule has 0 radical (unpaired) electrons. The summed E-state index contributed by atoms with van der Waals surface area (Å²) in [4.78, 5) is 4.69. The Morgan fingerprint density at radius 1 is 0.944 bits per heavy atom. The molecule has 0 atom stereocenters. The molecule has 0 spiro atoms. The number of hydrogen-bond acceptors (Lipinski definition) is 2. The molecule has 2 heteroatoms. The second-order valence-corrected chi connectivity index (χ2v) is 6.30. The lowest BCUT2D eigenvalue weighted by Crippen LogP contribution is -2.26. The molecule has 0 fully saturated rings. The summed E-state index contributed by atoms with van der Waals surface area (Å²) in [6.45, 7) is 7.69. The zero-order valence-corrected chi connectivity index (χ0v) is 12.7. The van der Waals surface area contributed by atoms with Gasteiger partial charge < -0.3 is 5.32 Å². The third-order valence-electron chi connectivity index (χ3n) is 3.68. The van der Waals surface area contributed by atoms with Gasteiger partial charge in [0.25, 0.3) is 0 Å². The van der Waals surface area contributed by atoms with Crippen LogP contribution in [0.4, 0.5) is 0 Å². The summed E-state index contributed by atoms with van der Waals surface area (Å²) in [6.07, 6.45) is 13.7. The lowest BCUT2D eigenvalue weighted by Gasteiger charge is -2.09. The minimum atomic E-state index is 0.134. The van der Waals surface area contributed by atoms with Gasteiger partial charge in [0.15, 0.2) is 0 Å². The summed E-state index contributed by atoms with van der Waals surface area (Å²) < 4.78 is 0. The van der Waals surface area contributed by atoms with Crippen LogP contribution in [0.25, 0.3) is 0 Å². The SMILES string of the molecule is CCCCCCCCCCCC1=NC(C)(C)CN1. The molecule has 1 rings (SSSR count). The molecular weight excluding hydrogens is 220 g/mol. The van der Waals surface area contributed by atoms with E-state index in [9.17, 15) is 0 Å². The van der Waals surface area contributed by atoms with Gasteiger partial charge >= 0.3 is 0 Å². The second-order valence-electron chi connectivity index (χ2n) is 6.30. The molecule has 1 heterocycles. The van der Waals surface area contributed by atoms with Gasteiger partial charge in [0.2, 0.25) is 0 Å². The fraction of sp³-hybridized carbons (Fsp3) is 0.938. The maximum absolute atomic E-state index is 4.69. The molecule has 1 aliphatic heterocycles. The molecule has 0 aromatic rings. The Kier molecular flexibility index (Phi) is 7.38. The molecule has 0 saturated heterocycles. The van der Waals surface area contributed by atoms with E-state index in [1.54, 1.807) is 0 Å². The van der Waals surface area contributed by atoms with Gasteiger partial charge in [0.1, 0.15) is 0 Å². The van der Waals surface area contributed by atoms with Gasteiger partial charge in [-0.2, -0.15) is 0 Å². The number of hydrogen-bond donors (Lipinski definition) is 1. The number of aliphatic imine (C=N–C) groups is 1. The first-order chi connectivity index (χ1) is 8.64. The standard InChI is InChI=1S/C16H32N2/c1-4-5-6-7-8-9-10-11-12-13-15-17-14-16(2,3)18-15/h4-14H2,1-3H3,(H,17,18). The van der Waals surface area contributed by atoms with Crippen molar-refractivity contribution in [3.8, 4) is 0 Å². The predicted molar refractivity (Wildman–Crippen MR) is 81.4 cm³/mol. The largest absolute Gasteiger partial charge is 0.371 e. The van der Waals surface area contributed by atoms with Crippen LogP contribution >= 0.6 is 0 Å². The Hall–Kier alpha value is -0.530. The van der Waals surface area contributed by atoms with Crippen molar-refractivity contribution in [1.82, 2.24) is 5.32 Å². The zero-order valence-electron chi connectivity index (χ0n) is 12.7. The van der Waals surface area contributed by atoms with Crippen LogP contribution in [-0.2, 0) is 0 Å². The highest BCUT2D eigenvalue weighted by atomic mass is 15.1. The van der Waals surface area contributed by atoms with Gasteiger partial charge in [-0.1, -0.05) is 58.3 Å². The first-order valence-corrected chi connectivity index (χ1v) is 7.96. The third-order valence-corrected chi connectivity index (χ3v) is 3.68. The topological polar surface area (TPSA) is 24.4 Å². The average Bonchev–Trinajstić information content (AvgIpc) is 2.67. The van der Waals surface area contributed by atoms with Gasteiger partial charge in [0.05, 0.1) is 11.4 Å². The number of amidine groups is 1. The van der Waals surface area contributed by atoms with Crippen LogP contribution in [0.2, 0.25) is 0 Å². The highest BCUT2D eigenvalue weighted by Gasteiger charge is 2.23. The molecule has 0 saturated carbocycles. The van der Waals surface area contributed by atoms with E-state index < -0.39 is 0 Å². The average molecular weight is 252 g/mol. The summed E-state index contributed by atoms with van der Waals surface area (Å²) in [7, 11) is 0. The highest BCUT2D eigenvalue weighted by molar-refractivity contribution is 5.84. The normalized spacial score (nSPS) is 17.6. The minimum absolute atomic E-state index is 0.134. The van der Waals surface area contributed by atoms with Crippen LogP contribution in [0.1, 0.15) is 85.0 Å². The van der Waals surface area contributed by atoms with E-state index in [1.807, 2.05) is 0 Å². The van der Waals surface area contributed by atoms with Crippen LogP contribution in [0.3, 0.4) is 0 Å². The number of nitrogens with zero attached hydrogens (tertiary/aromatic N) is 1. The molecule has 0 unspecified atom stereocenters. The summed E-state index contributed by atoms with van der Waals surface area (Å²) in [5.74, 6) is 1.24.